The highest BCUT2D eigenvalue weighted by molar-refractivity contribution is 5.81. The lowest BCUT2D eigenvalue weighted by atomic mass is 9.95. The zero-order valence-corrected chi connectivity index (χ0v) is 15.2. The summed E-state index contributed by atoms with van der Waals surface area (Å²) < 4.78 is 0. The highest BCUT2D eigenvalue weighted by Gasteiger charge is 2.20. The van der Waals surface area contributed by atoms with Crippen molar-refractivity contribution in [3.8, 4) is 22.4 Å². The van der Waals surface area contributed by atoms with E-state index in [-0.39, 0.29) is 11.3 Å². The second-order valence-electron chi connectivity index (χ2n) is 7.15. The molecular formula is C21H22N4O. The van der Waals surface area contributed by atoms with Gasteiger partial charge in [-0.2, -0.15) is 0 Å². The van der Waals surface area contributed by atoms with Gasteiger partial charge in [0.25, 0.3) is 0 Å². The number of carbonyl (C=O) groups is 1. The molecule has 132 valence electrons. The first-order valence-corrected chi connectivity index (χ1v) is 8.53. The minimum absolute atomic E-state index is 0.0392. The van der Waals surface area contributed by atoms with E-state index in [1.54, 1.807) is 18.7 Å². The number of amides is 1. The summed E-state index contributed by atoms with van der Waals surface area (Å²) in [5.41, 5.74) is 4.52. The Hall–Kier alpha value is -3.08. The average Bonchev–Trinajstić information content (AvgIpc) is 2.66. The van der Waals surface area contributed by atoms with Gasteiger partial charge in [-0.1, -0.05) is 45.0 Å². The van der Waals surface area contributed by atoms with E-state index in [9.17, 15) is 4.79 Å². The summed E-state index contributed by atoms with van der Waals surface area (Å²) in [4.78, 5) is 24.7. The van der Waals surface area contributed by atoms with Gasteiger partial charge < -0.3 is 5.32 Å². The largest absolute Gasteiger partial charge is 0.352 e. The van der Waals surface area contributed by atoms with Crippen LogP contribution in [-0.2, 0) is 11.3 Å². The molecule has 0 aliphatic heterocycles. The lowest BCUT2D eigenvalue weighted by molar-refractivity contribution is -0.128. The zero-order chi connectivity index (χ0) is 18.6. The minimum atomic E-state index is -0.389. The number of carbonyl (C=O) groups excluding carboxylic acids is 1. The number of nitrogens with zero attached hydrogens (tertiary/aromatic N) is 3. The van der Waals surface area contributed by atoms with Crippen molar-refractivity contribution in [2.24, 2.45) is 5.41 Å². The van der Waals surface area contributed by atoms with Gasteiger partial charge in [-0.25, -0.2) is 9.97 Å². The van der Waals surface area contributed by atoms with Crippen molar-refractivity contribution in [3.63, 3.8) is 0 Å². The summed E-state index contributed by atoms with van der Waals surface area (Å²) in [6.07, 6.45) is 6.88. The smallest absolute Gasteiger partial charge is 0.225 e. The lowest BCUT2D eigenvalue weighted by Gasteiger charge is -2.17. The van der Waals surface area contributed by atoms with Crippen molar-refractivity contribution in [1.82, 2.24) is 20.3 Å². The predicted molar refractivity (Wildman–Crippen MR) is 102 cm³/mol. The molecular weight excluding hydrogens is 324 g/mol. The standard InChI is InChI=1S/C21H22N4O/c1-21(2,3)20(26)24-12-15-4-6-17(7-5-15)19-18(13-23-14-25-19)16-8-10-22-11-9-16/h4-11,13-14H,12H2,1-3H3,(H,24,26). The molecule has 0 fully saturated rings. The molecule has 0 unspecified atom stereocenters. The molecule has 1 aromatic carbocycles. The van der Waals surface area contributed by atoms with Crippen molar-refractivity contribution in [3.05, 3.63) is 66.9 Å². The summed E-state index contributed by atoms with van der Waals surface area (Å²) in [5, 5.41) is 2.96. The molecule has 2 aromatic heterocycles. The van der Waals surface area contributed by atoms with Gasteiger partial charge in [-0.05, 0) is 23.3 Å². The van der Waals surface area contributed by atoms with E-state index in [0.29, 0.717) is 6.54 Å². The van der Waals surface area contributed by atoms with Gasteiger partial charge in [0, 0.05) is 41.7 Å². The first-order chi connectivity index (χ1) is 12.4. The van der Waals surface area contributed by atoms with Crippen LogP contribution in [0.1, 0.15) is 26.3 Å². The highest BCUT2D eigenvalue weighted by Crippen LogP contribution is 2.29. The van der Waals surface area contributed by atoms with Crippen LogP contribution in [-0.4, -0.2) is 20.9 Å². The Labute approximate surface area is 153 Å². The maximum atomic E-state index is 12.0. The molecule has 2 heterocycles. The molecule has 26 heavy (non-hydrogen) atoms. The van der Waals surface area contributed by atoms with Crippen LogP contribution in [0, 0.1) is 5.41 Å². The quantitative estimate of drug-likeness (QED) is 0.779. The fraction of sp³-hybridized carbons (Fsp3) is 0.238. The van der Waals surface area contributed by atoms with Crippen LogP contribution in [0.4, 0.5) is 0 Å². The van der Waals surface area contributed by atoms with Gasteiger partial charge in [0.2, 0.25) is 5.91 Å². The number of nitrogens with one attached hydrogen (secondary N) is 1. The van der Waals surface area contributed by atoms with Crippen molar-refractivity contribution in [1.29, 1.82) is 0 Å². The van der Waals surface area contributed by atoms with E-state index in [1.165, 1.54) is 0 Å². The molecule has 1 amide bonds. The Bertz CT molecular complexity index is 884. The van der Waals surface area contributed by atoms with Crippen molar-refractivity contribution in [2.45, 2.75) is 27.3 Å². The molecule has 3 aromatic rings. The second-order valence-corrected chi connectivity index (χ2v) is 7.15. The van der Waals surface area contributed by atoms with Crippen LogP contribution >= 0.6 is 0 Å². The first-order valence-electron chi connectivity index (χ1n) is 8.53. The van der Waals surface area contributed by atoms with E-state index in [1.807, 2.05) is 63.4 Å². The van der Waals surface area contributed by atoms with E-state index in [0.717, 1.165) is 27.9 Å². The summed E-state index contributed by atoms with van der Waals surface area (Å²) in [6.45, 7) is 6.22. The number of aromatic nitrogens is 3. The molecule has 0 aliphatic carbocycles. The topological polar surface area (TPSA) is 67.8 Å². The van der Waals surface area contributed by atoms with E-state index < -0.39 is 0 Å². The monoisotopic (exact) mass is 346 g/mol. The maximum Gasteiger partial charge on any atom is 0.225 e. The molecule has 0 bridgehead atoms. The minimum Gasteiger partial charge on any atom is -0.352 e. The summed E-state index contributed by atoms with van der Waals surface area (Å²) in [6, 6.07) is 11.9. The predicted octanol–water partition coefficient (Wildman–Crippen LogP) is 3.87. The summed E-state index contributed by atoms with van der Waals surface area (Å²) in [5.74, 6) is 0.0392. The van der Waals surface area contributed by atoms with Crippen LogP contribution in [0.3, 0.4) is 0 Å². The van der Waals surface area contributed by atoms with Crippen molar-refractivity contribution >= 4 is 5.91 Å². The third-order valence-corrected chi connectivity index (χ3v) is 4.07. The number of pyridine rings is 1. The van der Waals surface area contributed by atoms with E-state index in [2.05, 4.69) is 20.3 Å². The van der Waals surface area contributed by atoms with Gasteiger partial charge >= 0.3 is 0 Å². The van der Waals surface area contributed by atoms with E-state index >= 15 is 0 Å². The molecule has 0 saturated carbocycles. The Morgan fingerprint density at radius 2 is 1.65 bits per heavy atom. The third-order valence-electron chi connectivity index (χ3n) is 4.07. The Balaban J connectivity index is 1.81. The van der Waals surface area contributed by atoms with Crippen LogP contribution in [0.25, 0.3) is 22.4 Å². The van der Waals surface area contributed by atoms with Crippen LogP contribution in [0.15, 0.2) is 61.3 Å². The van der Waals surface area contributed by atoms with Gasteiger partial charge in [0.05, 0.1) is 5.69 Å². The fourth-order valence-electron chi connectivity index (χ4n) is 2.53. The zero-order valence-electron chi connectivity index (χ0n) is 15.2. The molecule has 3 rings (SSSR count). The highest BCUT2D eigenvalue weighted by atomic mass is 16.2. The van der Waals surface area contributed by atoms with Gasteiger partial charge in [0.15, 0.2) is 0 Å². The van der Waals surface area contributed by atoms with Crippen molar-refractivity contribution in [2.75, 3.05) is 0 Å². The number of hydrogen-bond donors (Lipinski definition) is 1. The molecule has 0 saturated heterocycles. The Morgan fingerprint density at radius 3 is 2.31 bits per heavy atom. The SMILES string of the molecule is CC(C)(C)C(=O)NCc1ccc(-c2ncncc2-c2ccncc2)cc1. The molecule has 0 atom stereocenters. The lowest BCUT2D eigenvalue weighted by Crippen LogP contribution is -2.34. The van der Waals surface area contributed by atoms with Crippen LogP contribution in [0.2, 0.25) is 0 Å². The number of benzene rings is 1. The summed E-state index contributed by atoms with van der Waals surface area (Å²) in [7, 11) is 0. The number of hydrogen-bond acceptors (Lipinski definition) is 4. The Morgan fingerprint density at radius 1 is 0.962 bits per heavy atom. The summed E-state index contributed by atoms with van der Waals surface area (Å²) >= 11 is 0. The Kier molecular flexibility index (Phi) is 5.07. The van der Waals surface area contributed by atoms with Gasteiger partial charge in [0.1, 0.15) is 6.33 Å². The fourth-order valence-corrected chi connectivity index (χ4v) is 2.53. The molecule has 5 heteroatoms. The van der Waals surface area contributed by atoms with Crippen molar-refractivity contribution < 1.29 is 4.79 Å². The molecule has 0 aliphatic rings. The molecule has 1 N–H and O–H groups in total. The van der Waals surface area contributed by atoms with E-state index in [4.69, 9.17) is 0 Å². The molecule has 0 spiro atoms. The normalized spacial score (nSPS) is 11.2. The van der Waals surface area contributed by atoms with Crippen LogP contribution < -0.4 is 5.32 Å². The first kappa shape index (κ1) is 17.7. The third kappa shape index (κ3) is 4.11. The maximum absolute atomic E-state index is 12.0. The molecule has 0 radical (unpaired) electrons. The van der Waals surface area contributed by atoms with Crippen LogP contribution in [0.5, 0.6) is 0 Å². The molecule has 5 nitrogen and oxygen atoms in total. The van der Waals surface area contributed by atoms with Gasteiger partial charge in [-0.3, -0.25) is 9.78 Å². The van der Waals surface area contributed by atoms with Gasteiger partial charge in [-0.15, -0.1) is 0 Å². The second kappa shape index (κ2) is 7.44. The average molecular weight is 346 g/mol. The number of rotatable bonds is 4.